The van der Waals surface area contributed by atoms with E-state index in [1.165, 1.54) is 37.8 Å². The second-order valence-electron chi connectivity index (χ2n) is 5.65. The van der Waals surface area contributed by atoms with Gasteiger partial charge in [-0.05, 0) is 30.9 Å². The first kappa shape index (κ1) is 13.3. The Hall–Kier alpha value is -1.71. The van der Waals surface area contributed by atoms with Crippen molar-refractivity contribution in [3.05, 3.63) is 29.7 Å². The van der Waals surface area contributed by atoms with Gasteiger partial charge in [0.25, 0.3) is 0 Å². The van der Waals surface area contributed by atoms with Crippen molar-refractivity contribution < 1.29 is 9.50 Å². The predicted octanol–water partition coefficient (Wildman–Crippen LogP) is 3.36. The van der Waals surface area contributed by atoms with Crippen molar-refractivity contribution in [2.45, 2.75) is 44.9 Å². The Balaban J connectivity index is 1.61. The molecule has 1 aromatic heterocycles. The summed E-state index contributed by atoms with van der Waals surface area (Å²) in [6.45, 7) is 0. The minimum Gasteiger partial charge on any atom is -0.857 e. The lowest BCUT2D eigenvalue weighted by molar-refractivity contribution is -0.276. The fraction of sp³-hybridized carbons (Fsp3) is 0.500. The molecule has 0 amide bonds. The topological polar surface area (TPSA) is 48.8 Å². The molecule has 0 radical (unpaired) electrons. The molecule has 0 spiro atoms. The van der Waals surface area contributed by atoms with Crippen molar-refractivity contribution in [1.29, 1.82) is 0 Å². The number of halogens is 1. The van der Waals surface area contributed by atoms with Gasteiger partial charge in [0.1, 0.15) is 5.82 Å². The van der Waals surface area contributed by atoms with Crippen LogP contribution in [0.1, 0.15) is 44.2 Å². The monoisotopic (exact) mass is 273 g/mol. The Bertz CT molecular complexity index is 611. The van der Waals surface area contributed by atoms with Crippen LogP contribution in [0.2, 0.25) is 0 Å². The van der Waals surface area contributed by atoms with Gasteiger partial charge in [-0.2, -0.15) is 0 Å². The summed E-state index contributed by atoms with van der Waals surface area (Å²) in [6.07, 6.45) is 8.15. The predicted molar refractivity (Wildman–Crippen MR) is 73.8 cm³/mol. The van der Waals surface area contributed by atoms with Crippen molar-refractivity contribution in [1.82, 2.24) is 9.97 Å². The van der Waals surface area contributed by atoms with E-state index >= 15 is 0 Å². The van der Waals surface area contributed by atoms with E-state index in [-0.39, 0.29) is 11.7 Å². The summed E-state index contributed by atoms with van der Waals surface area (Å²) in [7, 11) is 0. The number of hydrogen-bond acceptors (Lipinski definition) is 3. The summed E-state index contributed by atoms with van der Waals surface area (Å²) in [6, 6.07) is 4.18. The van der Waals surface area contributed by atoms with Gasteiger partial charge in [0.15, 0.2) is 0 Å². The van der Waals surface area contributed by atoms with Crippen LogP contribution in [0.3, 0.4) is 0 Å². The van der Waals surface area contributed by atoms with Crippen LogP contribution in [0.4, 0.5) is 4.39 Å². The van der Waals surface area contributed by atoms with Crippen molar-refractivity contribution in [3.63, 3.8) is 0 Å². The second-order valence-corrected chi connectivity index (χ2v) is 5.65. The van der Waals surface area contributed by atoms with Gasteiger partial charge in [-0.1, -0.05) is 32.1 Å². The van der Waals surface area contributed by atoms with Crippen LogP contribution in [0.5, 0.6) is 5.88 Å². The fourth-order valence-electron chi connectivity index (χ4n) is 2.52. The van der Waals surface area contributed by atoms with Gasteiger partial charge in [-0.3, -0.25) is 9.97 Å². The van der Waals surface area contributed by atoms with Gasteiger partial charge in [0.2, 0.25) is 0 Å². The Kier molecular flexibility index (Phi) is 3.81. The minimum atomic E-state index is -0.390. The maximum absolute atomic E-state index is 13.1. The molecule has 4 heteroatoms. The molecule has 1 aliphatic rings. The van der Waals surface area contributed by atoms with Crippen LogP contribution in [-0.4, -0.2) is 9.97 Å². The van der Waals surface area contributed by atoms with Gasteiger partial charge >= 0.3 is 0 Å². The van der Waals surface area contributed by atoms with E-state index in [2.05, 4.69) is 9.97 Å². The van der Waals surface area contributed by atoms with Gasteiger partial charge in [0, 0.05) is 11.9 Å². The number of unbranched alkanes of at least 4 members (excludes halogenated alkanes) is 2. The first-order valence-corrected chi connectivity index (χ1v) is 7.35. The zero-order valence-corrected chi connectivity index (χ0v) is 11.4. The van der Waals surface area contributed by atoms with Gasteiger partial charge in [-0.25, -0.2) is 4.39 Å². The quantitative estimate of drug-likeness (QED) is 0.758. The van der Waals surface area contributed by atoms with E-state index in [1.54, 1.807) is 6.07 Å². The maximum atomic E-state index is 13.1. The van der Waals surface area contributed by atoms with Gasteiger partial charge in [0.05, 0.1) is 16.7 Å². The first-order valence-electron chi connectivity index (χ1n) is 7.35. The molecular formula is C16H18FN2O-. The summed E-state index contributed by atoms with van der Waals surface area (Å²) in [5.74, 6) is 0.268. The molecule has 3 rings (SSSR count). The molecule has 1 aliphatic carbocycles. The number of aryl methyl sites for hydroxylation is 1. The highest BCUT2D eigenvalue weighted by molar-refractivity contribution is 5.74. The average Bonchev–Trinajstić information content (AvgIpc) is 3.23. The number of nitrogens with zero attached hydrogens (tertiary/aromatic N) is 2. The summed E-state index contributed by atoms with van der Waals surface area (Å²) >= 11 is 0. The van der Waals surface area contributed by atoms with Crippen LogP contribution >= 0.6 is 0 Å². The minimum absolute atomic E-state index is 0.315. The van der Waals surface area contributed by atoms with E-state index in [1.807, 2.05) is 0 Å². The number of aromatic nitrogens is 2. The van der Waals surface area contributed by atoms with Crippen LogP contribution in [0.25, 0.3) is 11.0 Å². The van der Waals surface area contributed by atoms with Crippen molar-refractivity contribution in [2.24, 2.45) is 5.92 Å². The Morgan fingerprint density at radius 2 is 1.95 bits per heavy atom. The van der Waals surface area contributed by atoms with Crippen LogP contribution in [0, 0.1) is 11.7 Å². The van der Waals surface area contributed by atoms with E-state index in [0.717, 1.165) is 18.8 Å². The lowest BCUT2D eigenvalue weighted by atomic mass is 10.1. The van der Waals surface area contributed by atoms with Gasteiger partial charge in [-0.15, -0.1) is 0 Å². The van der Waals surface area contributed by atoms with E-state index < -0.39 is 0 Å². The Labute approximate surface area is 117 Å². The third-order valence-electron chi connectivity index (χ3n) is 3.88. The molecule has 0 atom stereocenters. The average molecular weight is 273 g/mol. The molecule has 1 saturated carbocycles. The molecule has 0 N–H and O–H groups in total. The van der Waals surface area contributed by atoms with Gasteiger partial charge < -0.3 is 5.11 Å². The van der Waals surface area contributed by atoms with Crippen molar-refractivity contribution >= 4 is 11.0 Å². The fourth-order valence-corrected chi connectivity index (χ4v) is 2.52. The normalized spacial score (nSPS) is 14.8. The summed E-state index contributed by atoms with van der Waals surface area (Å²) in [4.78, 5) is 8.23. The highest BCUT2D eigenvalue weighted by atomic mass is 19.1. The van der Waals surface area contributed by atoms with Crippen molar-refractivity contribution in [2.75, 3.05) is 0 Å². The highest BCUT2D eigenvalue weighted by Gasteiger charge is 2.19. The number of benzene rings is 1. The maximum Gasteiger partial charge on any atom is 0.125 e. The molecule has 1 aromatic carbocycles. The molecule has 0 bridgehead atoms. The second kappa shape index (κ2) is 5.73. The van der Waals surface area contributed by atoms with E-state index in [9.17, 15) is 9.50 Å². The molecule has 1 fully saturated rings. The highest BCUT2D eigenvalue weighted by Crippen LogP contribution is 2.34. The van der Waals surface area contributed by atoms with Crippen LogP contribution in [0.15, 0.2) is 18.2 Å². The number of hydrogen-bond donors (Lipinski definition) is 0. The van der Waals surface area contributed by atoms with E-state index in [4.69, 9.17) is 0 Å². The lowest BCUT2D eigenvalue weighted by Gasteiger charge is -2.12. The summed E-state index contributed by atoms with van der Waals surface area (Å²) < 4.78 is 13.1. The third kappa shape index (κ3) is 3.24. The van der Waals surface area contributed by atoms with Crippen LogP contribution < -0.4 is 5.11 Å². The Morgan fingerprint density at radius 1 is 1.10 bits per heavy atom. The lowest BCUT2D eigenvalue weighted by Crippen LogP contribution is -2.04. The molecule has 0 saturated heterocycles. The molecule has 106 valence electrons. The SMILES string of the molecule is [O-]c1nc2cc(F)ccc2nc1CCCCCC1CC1. The molecule has 0 unspecified atom stereocenters. The number of fused-ring (bicyclic) bond motifs is 1. The zero-order valence-electron chi connectivity index (χ0n) is 11.4. The van der Waals surface area contributed by atoms with Crippen molar-refractivity contribution in [3.8, 4) is 5.88 Å². The smallest absolute Gasteiger partial charge is 0.125 e. The zero-order chi connectivity index (χ0) is 13.9. The summed E-state index contributed by atoms with van der Waals surface area (Å²) in [5.41, 5.74) is 1.45. The molecule has 0 aliphatic heterocycles. The van der Waals surface area contributed by atoms with Crippen LogP contribution in [-0.2, 0) is 6.42 Å². The van der Waals surface area contributed by atoms with E-state index in [0.29, 0.717) is 23.1 Å². The number of rotatable bonds is 6. The third-order valence-corrected chi connectivity index (χ3v) is 3.88. The molecule has 20 heavy (non-hydrogen) atoms. The molecule has 1 heterocycles. The molecule has 3 nitrogen and oxygen atoms in total. The molecular weight excluding hydrogens is 255 g/mol. The summed E-state index contributed by atoms with van der Waals surface area (Å²) in [5, 5.41) is 11.8. The first-order chi connectivity index (χ1) is 9.72. The largest absolute Gasteiger partial charge is 0.857 e. The standard InChI is InChI=1S/C16H19FN2O/c17-12-8-9-13-15(10-12)19-16(20)14(18-13)5-3-1-2-4-11-6-7-11/h8-11H,1-7H2,(H,19,20)/p-1. The Morgan fingerprint density at radius 3 is 2.75 bits per heavy atom. The molecule has 2 aromatic rings.